The van der Waals surface area contributed by atoms with E-state index in [1.807, 2.05) is 24.3 Å². The summed E-state index contributed by atoms with van der Waals surface area (Å²) < 4.78 is 1.17. The minimum atomic E-state index is -0.0598. The maximum absolute atomic E-state index is 11.6. The van der Waals surface area contributed by atoms with Gasteiger partial charge in [-0.25, -0.2) is 4.98 Å². The molecule has 1 heterocycles. The predicted octanol–water partition coefficient (Wildman–Crippen LogP) is 2.92. The number of aromatic amines is 1. The zero-order valence-electron chi connectivity index (χ0n) is 9.11. The third kappa shape index (κ3) is 2.41. The summed E-state index contributed by atoms with van der Waals surface area (Å²) in [6.45, 7) is 0. The highest BCUT2D eigenvalue weighted by Gasteiger charge is 2.25. The van der Waals surface area contributed by atoms with E-state index in [4.69, 9.17) is 0 Å². The average Bonchev–Trinajstić information content (AvgIpc) is 3.13. The molecule has 1 aromatic heterocycles. The van der Waals surface area contributed by atoms with E-state index in [0.29, 0.717) is 11.7 Å². The first kappa shape index (κ1) is 11.0. The lowest BCUT2D eigenvalue weighted by atomic mass is 10.2. The molecule has 17 heavy (non-hydrogen) atoms. The molecule has 1 N–H and O–H groups in total. The van der Waals surface area contributed by atoms with Gasteiger partial charge in [-0.3, -0.25) is 4.79 Å². The van der Waals surface area contributed by atoms with Gasteiger partial charge in [0.2, 0.25) is 0 Å². The predicted molar refractivity (Wildman–Crippen MR) is 75.0 cm³/mol. The first-order valence-electron chi connectivity index (χ1n) is 5.59. The van der Waals surface area contributed by atoms with E-state index in [2.05, 4.69) is 32.6 Å². The lowest BCUT2D eigenvalue weighted by molar-refractivity contribution is 0.977. The van der Waals surface area contributed by atoms with Crippen LogP contribution in [0.5, 0.6) is 0 Å². The Kier molecular flexibility index (Phi) is 2.74. The second-order valence-corrected chi connectivity index (χ2v) is 5.55. The van der Waals surface area contributed by atoms with Crippen molar-refractivity contribution in [3.63, 3.8) is 0 Å². The zero-order valence-corrected chi connectivity index (χ0v) is 11.3. The van der Waals surface area contributed by atoms with E-state index >= 15 is 0 Å². The van der Waals surface area contributed by atoms with Gasteiger partial charge in [-0.2, -0.15) is 0 Å². The molecule has 3 rings (SSSR count). The quantitative estimate of drug-likeness (QED) is 0.856. The topological polar surface area (TPSA) is 45.8 Å². The fraction of sp³-hybridized carbons (Fsp3) is 0.231. The Bertz CT molecular complexity index is 600. The van der Waals surface area contributed by atoms with Gasteiger partial charge in [0.15, 0.2) is 0 Å². The molecule has 2 aromatic rings. The molecular formula is C13H11IN2O. The van der Waals surface area contributed by atoms with Gasteiger partial charge in [0, 0.05) is 21.1 Å². The molecule has 0 atom stereocenters. The third-order valence-corrected chi connectivity index (χ3v) is 3.59. The van der Waals surface area contributed by atoms with E-state index in [0.717, 1.165) is 24.1 Å². The molecule has 0 amide bonds. The van der Waals surface area contributed by atoms with Crippen LogP contribution < -0.4 is 5.56 Å². The molecule has 1 saturated carbocycles. The van der Waals surface area contributed by atoms with Gasteiger partial charge in [0.05, 0.1) is 5.69 Å². The van der Waals surface area contributed by atoms with Crippen LogP contribution in [0.2, 0.25) is 0 Å². The Labute approximate surface area is 112 Å². The maximum atomic E-state index is 11.6. The molecule has 0 spiro atoms. The lowest BCUT2D eigenvalue weighted by Crippen LogP contribution is -2.09. The Balaban J connectivity index is 2.07. The largest absolute Gasteiger partial charge is 0.307 e. The fourth-order valence-electron chi connectivity index (χ4n) is 1.81. The van der Waals surface area contributed by atoms with E-state index in [1.54, 1.807) is 6.07 Å². The van der Waals surface area contributed by atoms with Crippen LogP contribution in [0.3, 0.4) is 0 Å². The Morgan fingerprint density at radius 1 is 1.24 bits per heavy atom. The van der Waals surface area contributed by atoms with Crippen molar-refractivity contribution in [3.05, 3.63) is 49.9 Å². The normalized spacial score (nSPS) is 14.9. The summed E-state index contributed by atoms with van der Waals surface area (Å²) in [6, 6.07) is 9.61. The van der Waals surface area contributed by atoms with Crippen molar-refractivity contribution in [2.75, 3.05) is 0 Å². The summed E-state index contributed by atoms with van der Waals surface area (Å²) in [4.78, 5) is 18.9. The molecule has 1 aliphatic carbocycles. The van der Waals surface area contributed by atoms with Crippen molar-refractivity contribution < 1.29 is 0 Å². The summed E-state index contributed by atoms with van der Waals surface area (Å²) in [5, 5.41) is 0. The summed E-state index contributed by atoms with van der Waals surface area (Å²) in [5.74, 6) is 1.18. The van der Waals surface area contributed by atoms with Crippen LogP contribution in [0.25, 0.3) is 11.4 Å². The first-order valence-corrected chi connectivity index (χ1v) is 6.67. The standard InChI is InChI=1S/C13H11IN2O/c14-10-5-3-9(4-6-10)13-15-11(8-1-2-8)7-12(17)16-13/h3-8H,1-2H2,(H,15,16,17). The minimum absolute atomic E-state index is 0.0598. The molecule has 0 bridgehead atoms. The van der Waals surface area contributed by atoms with Gasteiger partial charge in [-0.05, 0) is 47.6 Å². The zero-order chi connectivity index (χ0) is 11.8. The molecule has 1 fully saturated rings. The number of hydrogen-bond acceptors (Lipinski definition) is 2. The van der Waals surface area contributed by atoms with Crippen molar-refractivity contribution in [1.29, 1.82) is 0 Å². The van der Waals surface area contributed by atoms with Crippen LogP contribution >= 0.6 is 22.6 Å². The van der Waals surface area contributed by atoms with E-state index < -0.39 is 0 Å². The van der Waals surface area contributed by atoms with Gasteiger partial charge in [0.25, 0.3) is 5.56 Å². The molecule has 0 aliphatic heterocycles. The number of H-pyrrole nitrogens is 1. The van der Waals surface area contributed by atoms with Crippen molar-refractivity contribution in [2.24, 2.45) is 0 Å². The average molecular weight is 338 g/mol. The number of nitrogens with zero attached hydrogens (tertiary/aromatic N) is 1. The van der Waals surface area contributed by atoms with Gasteiger partial charge >= 0.3 is 0 Å². The Morgan fingerprint density at radius 2 is 1.94 bits per heavy atom. The van der Waals surface area contributed by atoms with Crippen molar-refractivity contribution in [2.45, 2.75) is 18.8 Å². The second kappa shape index (κ2) is 4.25. The third-order valence-electron chi connectivity index (χ3n) is 2.87. The summed E-state index contributed by atoms with van der Waals surface area (Å²) >= 11 is 2.26. The SMILES string of the molecule is O=c1cc(C2CC2)nc(-c2ccc(I)cc2)[nH]1. The second-order valence-electron chi connectivity index (χ2n) is 4.30. The van der Waals surface area contributed by atoms with E-state index in [1.165, 1.54) is 3.57 Å². The number of halogens is 1. The van der Waals surface area contributed by atoms with Gasteiger partial charge in [-0.15, -0.1) is 0 Å². The maximum Gasteiger partial charge on any atom is 0.251 e. The Morgan fingerprint density at radius 3 is 2.59 bits per heavy atom. The molecule has 1 aromatic carbocycles. The van der Waals surface area contributed by atoms with Crippen LogP contribution in [-0.2, 0) is 0 Å². The van der Waals surface area contributed by atoms with Crippen molar-refractivity contribution >= 4 is 22.6 Å². The minimum Gasteiger partial charge on any atom is -0.307 e. The summed E-state index contributed by atoms with van der Waals surface area (Å²) in [5.41, 5.74) is 1.84. The van der Waals surface area contributed by atoms with Crippen LogP contribution in [0, 0.1) is 3.57 Å². The summed E-state index contributed by atoms with van der Waals surface area (Å²) in [7, 11) is 0. The summed E-state index contributed by atoms with van der Waals surface area (Å²) in [6.07, 6.45) is 2.31. The molecular weight excluding hydrogens is 327 g/mol. The lowest BCUT2D eigenvalue weighted by Gasteiger charge is -2.03. The number of benzene rings is 1. The highest BCUT2D eigenvalue weighted by atomic mass is 127. The molecule has 1 aliphatic rings. The highest BCUT2D eigenvalue weighted by Crippen LogP contribution is 2.38. The highest BCUT2D eigenvalue weighted by molar-refractivity contribution is 14.1. The molecule has 4 heteroatoms. The van der Waals surface area contributed by atoms with Crippen molar-refractivity contribution in [1.82, 2.24) is 9.97 Å². The van der Waals surface area contributed by atoms with Crippen LogP contribution in [0.1, 0.15) is 24.5 Å². The van der Waals surface area contributed by atoms with Gasteiger partial charge in [-0.1, -0.05) is 12.1 Å². The fourth-order valence-corrected chi connectivity index (χ4v) is 2.17. The van der Waals surface area contributed by atoms with Gasteiger partial charge in [0.1, 0.15) is 5.82 Å². The monoisotopic (exact) mass is 338 g/mol. The number of rotatable bonds is 2. The van der Waals surface area contributed by atoms with Gasteiger partial charge < -0.3 is 4.98 Å². The molecule has 3 nitrogen and oxygen atoms in total. The number of aromatic nitrogens is 2. The number of hydrogen-bond donors (Lipinski definition) is 1. The molecule has 86 valence electrons. The van der Waals surface area contributed by atoms with Crippen LogP contribution in [0.4, 0.5) is 0 Å². The smallest absolute Gasteiger partial charge is 0.251 e. The van der Waals surface area contributed by atoms with E-state index in [9.17, 15) is 4.79 Å². The Hall–Kier alpha value is -1.17. The molecule has 0 saturated heterocycles. The molecule has 0 radical (unpaired) electrons. The van der Waals surface area contributed by atoms with Crippen LogP contribution in [0.15, 0.2) is 35.1 Å². The van der Waals surface area contributed by atoms with Crippen molar-refractivity contribution in [3.8, 4) is 11.4 Å². The van der Waals surface area contributed by atoms with E-state index in [-0.39, 0.29) is 5.56 Å². The van der Waals surface area contributed by atoms with Crippen LogP contribution in [-0.4, -0.2) is 9.97 Å². The molecule has 0 unspecified atom stereocenters. The number of nitrogens with one attached hydrogen (secondary N) is 1. The first-order chi connectivity index (χ1) is 8.22.